The highest BCUT2D eigenvalue weighted by atomic mass is 35.5. The van der Waals surface area contributed by atoms with Gasteiger partial charge in [0.25, 0.3) is 5.91 Å². The van der Waals surface area contributed by atoms with Crippen LogP contribution in [0.3, 0.4) is 0 Å². The number of carbonyl (C=O) groups is 1. The Morgan fingerprint density at radius 2 is 2.03 bits per heavy atom. The van der Waals surface area contributed by atoms with Crippen molar-refractivity contribution >= 4 is 56.3 Å². The summed E-state index contributed by atoms with van der Waals surface area (Å²) in [4.78, 5) is 20.6. The van der Waals surface area contributed by atoms with Crippen molar-refractivity contribution in [2.75, 3.05) is 37.1 Å². The van der Waals surface area contributed by atoms with Gasteiger partial charge in [-0.05, 0) is 31.5 Å². The minimum atomic E-state index is -4.52. The molecule has 4 rings (SSSR count). The van der Waals surface area contributed by atoms with E-state index in [9.17, 15) is 18.0 Å². The van der Waals surface area contributed by atoms with E-state index in [0.29, 0.717) is 33.2 Å². The van der Waals surface area contributed by atoms with Crippen molar-refractivity contribution in [3.8, 4) is 11.5 Å². The first-order valence-corrected chi connectivity index (χ1v) is 12.8. The first-order chi connectivity index (χ1) is 17.1. The molecule has 0 aliphatic carbocycles. The molecule has 3 aromatic rings. The zero-order valence-electron chi connectivity index (χ0n) is 19.4. The molecule has 0 atom stereocenters. The first-order valence-electron chi connectivity index (χ1n) is 10.9. The largest absolute Gasteiger partial charge is 0.494 e. The Morgan fingerprint density at radius 3 is 2.69 bits per heavy atom. The summed E-state index contributed by atoms with van der Waals surface area (Å²) in [5.41, 5.74) is 2.61. The van der Waals surface area contributed by atoms with Gasteiger partial charge in [0.15, 0.2) is 6.61 Å². The summed E-state index contributed by atoms with van der Waals surface area (Å²) < 4.78 is 53.0. The van der Waals surface area contributed by atoms with Crippen LogP contribution in [0.25, 0.3) is 10.9 Å². The lowest BCUT2D eigenvalue weighted by molar-refractivity contribution is -0.139. The molecule has 2 N–H and O–H groups in total. The summed E-state index contributed by atoms with van der Waals surface area (Å²) in [5.74, 6) is 2.47. The van der Waals surface area contributed by atoms with Crippen molar-refractivity contribution in [2.45, 2.75) is 19.5 Å². The van der Waals surface area contributed by atoms with Gasteiger partial charge in [-0.15, -0.1) is 0 Å². The van der Waals surface area contributed by atoms with Crippen LogP contribution in [0.5, 0.6) is 11.5 Å². The van der Waals surface area contributed by atoms with E-state index in [1.807, 2.05) is 13.0 Å². The Morgan fingerprint density at radius 1 is 1.25 bits per heavy atom. The van der Waals surface area contributed by atoms with Crippen LogP contribution >= 0.6 is 11.6 Å². The van der Waals surface area contributed by atoms with Gasteiger partial charge < -0.3 is 20.1 Å². The summed E-state index contributed by atoms with van der Waals surface area (Å²) in [6.45, 7) is -0.183. The van der Waals surface area contributed by atoms with E-state index in [0.717, 1.165) is 22.8 Å². The van der Waals surface area contributed by atoms with E-state index < -0.39 is 25.2 Å². The van der Waals surface area contributed by atoms with Gasteiger partial charge in [-0.2, -0.15) is 13.2 Å². The van der Waals surface area contributed by atoms with Gasteiger partial charge >= 0.3 is 6.18 Å². The van der Waals surface area contributed by atoms with Crippen LogP contribution < -0.4 is 20.1 Å². The third-order valence-corrected chi connectivity index (χ3v) is 7.54. The summed E-state index contributed by atoms with van der Waals surface area (Å²) in [6, 6.07) is 6.54. The number of alkyl halides is 3. The molecular weight excluding hydrogens is 519 g/mol. The zero-order chi connectivity index (χ0) is 25.9. The lowest BCUT2D eigenvalue weighted by atomic mass is 10.1. The summed E-state index contributed by atoms with van der Waals surface area (Å²) in [6.07, 6.45) is -1.93. The Balaban J connectivity index is 1.63. The highest BCUT2D eigenvalue weighted by Crippen LogP contribution is 2.41. The topological polar surface area (TPSA) is 97.7 Å². The minimum Gasteiger partial charge on any atom is -0.494 e. The van der Waals surface area contributed by atoms with Crippen molar-refractivity contribution in [3.63, 3.8) is 0 Å². The standard InChI is InChI=1S/C23H23ClF3N5O3S/c1-13-20-16(9-17(21(13)34-2)32-36-6-3-7-36)29-12-30-22(20)31-15-5-4-14(24)8-18(15)35-10-19(33)28-11-23(25,26)27/h4-5,8-9,12H,3,6-7,10-11H2,1-2H3,(H,28,33)(H,29,30,31). The van der Waals surface area contributed by atoms with E-state index in [4.69, 9.17) is 25.4 Å². The predicted octanol–water partition coefficient (Wildman–Crippen LogP) is 5.24. The average molecular weight is 542 g/mol. The van der Waals surface area contributed by atoms with E-state index in [1.165, 1.54) is 18.8 Å². The number of carbonyl (C=O) groups excluding carboxylic acids is 1. The number of halogens is 4. The molecule has 1 fully saturated rings. The number of aryl methyl sites for hydroxylation is 1. The number of fused-ring (bicyclic) bond motifs is 1. The molecule has 1 saturated heterocycles. The van der Waals surface area contributed by atoms with Crippen LogP contribution in [0.2, 0.25) is 5.02 Å². The molecular formula is C23H23ClF3N5O3S. The fourth-order valence-corrected chi connectivity index (χ4v) is 4.85. The second-order valence-corrected chi connectivity index (χ2v) is 10.3. The second-order valence-electron chi connectivity index (χ2n) is 7.93. The number of methoxy groups -OCH3 is 1. The van der Waals surface area contributed by atoms with E-state index in [2.05, 4.69) is 15.3 Å². The van der Waals surface area contributed by atoms with Crippen LogP contribution in [-0.2, 0) is 15.5 Å². The lowest BCUT2D eigenvalue weighted by Gasteiger charge is -2.19. The lowest BCUT2D eigenvalue weighted by Crippen LogP contribution is -2.36. The van der Waals surface area contributed by atoms with Crippen LogP contribution in [-0.4, -0.2) is 53.8 Å². The van der Waals surface area contributed by atoms with Gasteiger partial charge in [-0.25, -0.2) is 14.3 Å². The quantitative estimate of drug-likeness (QED) is 0.405. The monoisotopic (exact) mass is 541 g/mol. The summed E-state index contributed by atoms with van der Waals surface area (Å²) in [5, 5.41) is 5.95. The van der Waals surface area contributed by atoms with Gasteiger partial charge in [0.2, 0.25) is 0 Å². The molecule has 0 spiro atoms. The molecule has 0 bridgehead atoms. The van der Waals surface area contributed by atoms with Gasteiger partial charge in [0.1, 0.15) is 35.9 Å². The molecule has 1 amide bonds. The number of nitrogens with one attached hydrogen (secondary N) is 2. The number of aromatic nitrogens is 2. The fraction of sp³-hybridized carbons (Fsp3) is 0.348. The van der Waals surface area contributed by atoms with Gasteiger partial charge in [-0.3, -0.25) is 4.79 Å². The maximum absolute atomic E-state index is 12.4. The first kappa shape index (κ1) is 26.0. The van der Waals surface area contributed by atoms with Gasteiger partial charge in [-0.1, -0.05) is 22.3 Å². The van der Waals surface area contributed by atoms with E-state index in [-0.39, 0.29) is 16.4 Å². The molecule has 2 aromatic carbocycles. The van der Waals surface area contributed by atoms with E-state index in [1.54, 1.807) is 24.6 Å². The van der Waals surface area contributed by atoms with Crippen LogP contribution in [0.1, 0.15) is 12.0 Å². The molecule has 1 aliphatic rings. The molecule has 13 heteroatoms. The summed E-state index contributed by atoms with van der Waals surface area (Å²) in [7, 11) is 1.58. The van der Waals surface area contributed by atoms with Crippen molar-refractivity contribution in [3.05, 3.63) is 41.2 Å². The molecule has 36 heavy (non-hydrogen) atoms. The van der Waals surface area contributed by atoms with Gasteiger partial charge in [0, 0.05) is 33.5 Å². The molecule has 0 radical (unpaired) electrons. The van der Waals surface area contributed by atoms with Crippen LogP contribution in [0, 0.1) is 6.92 Å². The molecule has 192 valence electrons. The Bertz CT molecular complexity index is 1330. The number of nitrogens with zero attached hydrogens (tertiary/aromatic N) is 3. The Labute approximate surface area is 212 Å². The second kappa shape index (κ2) is 10.9. The van der Waals surface area contributed by atoms with Gasteiger partial charge in [0.05, 0.1) is 18.3 Å². The van der Waals surface area contributed by atoms with Crippen LogP contribution in [0.4, 0.5) is 30.4 Å². The molecule has 0 saturated carbocycles. The van der Waals surface area contributed by atoms with Crippen LogP contribution in [0.15, 0.2) is 35.0 Å². The van der Waals surface area contributed by atoms with Crippen molar-refractivity contribution in [2.24, 2.45) is 4.36 Å². The van der Waals surface area contributed by atoms with E-state index >= 15 is 0 Å². The highest BCUT2D eigenvalue weighted by molar-refractivity contribution is 7.88. The molecule has 1 aliphatic heterocycles. The average Bonchev–Trinajstić information content (AvgIpc) is 2.79. The number of ether oxygens (including phenoxy) is 2. The third-order valence-electron chi connectivity index (χ3n) is 5.33. The van der Waals surface area contributed by atoms with Crippen molar-refractivity contribution in [1.82, 2.24) is 15.3 Å². The maximum Gasteiger partial charge on any atom is 0.405 e. The number of amides is 1. The fourth-order valence-electron chi connectivity index (χ4n) is 3.54. The highest BCUT2D eigenvalue weighted by Gasteiger charge is 2.27. The van der Waals surface area contributed by atoms with Crippen molar-refractivity contribution < 1.29 is 27.4 Å². The minimum absolute atomic E-state index is 0.00387. The SMILES string of the molecule is COc1c(N=S2CCC2)cc2ncnc(Nc3ccc(Cl)cc3OCC(=O)NCC(F)(F)F)c2c1C. The molecule has 1 aromatic heterocycles. The Kier molecular flexibility index (Phi) is 7.84. The normalized spacial score (nSPS) is 13.7. The number of hydrogen-bond acceptors (Lipinski definition) is 7. The molecule has 2 heterocycles. The number of rotatable bonds is 8. The summed E-state index contributed by atoms with van der Waals surface area (Å²) >= 11 is 6.08. The molecule has 0 unspecified atom stereocenters. The number of anilines is 2. The number of hydrogen-bond donors (Lipinski definition) is 2. The Hall–Kier alpha value is -3.12. The predicted molar refractivity (Wildman–Crippen MR) is 134 cm³/mol. The van der Waals surface area contributed by atoms with Crippen molar-refractivity contribution in [1.29, 1.82) is 0 Å². The number of benzene rings is 2. The zero-order valence-corrected chi connectivity index (χ0v) is 21.0. The third kappa shape index (κ3) is 6.16. The molecule has 8 nitrogen and oxygen atoms in total. The smallest absolute Gasteiger partial charge is 0.405 e. The maximum atomic E-state index is 12.4.